The number of hydrogen-bond donors (Lipinski definition) is 2. The molecular weight excluding hydrogens is 180 g/mol. The Kier molecular flexibility index (Phi) is 2.81. The maximum absolute atomic E-state index is 5.59. The van der Waals surface area contributed by atoms with Crippen LogP contribution in [0.5, 0.6) is 0 Å². The topological polar surface area (TPSA) is 65.1 Å². The molecule has 2 rings (SSSR count). The van der Waals surface area contributed by atoms with Crippen LogP contribution in [0.15, 0.2) is 12.4 Å². The van der Waals surface area contributed by atoms with Crippen LogP contribution in [-0.4, -0.2) is 22.3 Å². The molecule has 1 aromatic heterocycles. The molecule has 1 aromatic rings. The fraction of sp³-hybridized carbons (Fsp3) is 0.667. The number of aryl methyl sites for hydroxylation is 1. The monoisotopic (exact) mass is 196 g/mol. The molecule has 0 bridgehead atoms. The highest BCUT2D eigenvalue weighted by Gasteiger charge is 2.28. The number of hydrogen-bond acceptors (Lipinski definition) is 4. The molecule has 0 saturated carbocycles. The van der Waals surface area contributed by atoms with Crippen molar-refractivity contribution in [2.24, 2.45) is 12.9 Å². The van der Waals surface area contributed by atoms with Crippen LogP contribution >= 0.6 is 0 Å². The van der Waals surface area contributed by atoms with Crippen LogP contribution in [0.25, 0.3) is 0 Å². The lowest BCUT2D eigenvalue weighted by Gasteiger charge is -2.21. The van der Waals surface area contributed by atoms with Gasteiger partial charge in [0, 0.05) is 26.0 Å². The number of hydrazine groups is 1. The van der Waals surface area contributed by atoms with Gasteiger partial charge in [-0.05, 0) is 12.8 Å². The molecule has 0 spiro atoms. The van der Waals surface area contributed by atoms with E-state index in [2.05, 4.69) is 10.4 Å². The molecule has 14 heavy (non-hydrogen) atoms. The summed E-state index contributed by atoms with van der Waals surface area (Å²) in [6.45, 7) is 0.827. The van der Waals surface area contributed by atoms with Crippen molar-refractivity contribution in [3.05, 3.63) is 18.2 Å². The third kappa shape index (κ3) is 1.66. The first kappa shape index (κ1) is 9.64. The summed E-state index contributed by atoms with van der Waals surface area (Å²) in [7, 11) is 1.96. The number of nitrogens with zero attached hydrogens (tertiary/aromatic N) is 2. The predicted molar refractivity (Wildman–Crippen MR) is 52.2 cm³/mol. The van der Waals surface area contributed by atoms with E-state index >= 15 is 0 Å². The average Bonchev–Trinajstić information content (AvgIpc) is 2.80. The summed E-state index contributed by atoms with van der Waals surface area (Å²) < 4.78 is 7.55. The Labute approximate surface area is 83.2 Å². The van der Waals surface area contributed by atoms with Gasteiger partial charge in [0.15, 0.2) is 0 Å². The second-order valence-electron chi connectivity index (χ2n) is 3.59. The molecule has 0 aromatic carbocycles. The summed E-state index contributed by atoms with van der Waals surface area (Å²) in [6, 6.07) is -0.00231. The summed E-state index contributed by atoms with van der Waals surface area (Å²) in [4.78, 5) is 4.27. The van der Waals surface area contributed by atoms with Crippen LogP contribution in [0, 0.1) is 0 Å². The number of imidazole rings is 1. The summed E-state index contributed by atoms with van der Waals surface area (Å²) >= 11 is 0. The molecule has 0 radical (unpaired) electrons. The maximum Gasteiger partial charge on any atom is 0.129 e. The minimum absolute atomic E-state index is 0.00231. The normalized spacial score (nSPS) is 24.0. The van der Waals surface area contributed by atoms with Gasteiger partial charge >= 0.3 is 0 Å². The Bertz CT molecular complexity index is 293. The molecule has 1 aliphatic heterocycles. The molecule has 1 saturated heterocycles. The highest BCUT2D eigenvalue weighted by Crippen LogP contribution is 2.24. The number of rotatable bonds is 3. The van der Waals surface area contributed by atoms with Crippen molar-refractivity contribution < 1.29 is 4.74 Å². The Morgan fingerprint density at radius 3 is 3.14 bits per heavy atom. The highest BCUT2D eigenvalue weighted by atomic mass is 16.5. The SMILES string of the molecule is Cn1ccnc1C(NN)C1CCCO1. The van der Waals surface area contributed by atoms with Crippen LogP contribution < -0.4 is 11.3 Å². The Hall–Kier alpha value is -0.910. The van der Waals surface area contributed by atoms with E-state index in [0.717, 1.165) is 25.3 Å². The van der Waals surface area contributed by atoms with Crippen molar-refractivity contribution in [3.63, 3.8) is 0 Å². The number of aromatic nitrogens is 2. The Morgan fingerprint density at radius 2 is 2.64 bits per heavy atom. The van der Waals surface area contributed by atoms with Gasteiger partial charge in [-0.2, -0.15) is 0 Å². The largest absolute Gasteiger partial charge is 0.376 e. The van der Waals surface area contributed by atoms with Crippen molar-refractivity contribution in [1.29, 1.82) is 0 Å². The van der Waals surface area contributed by atoms with Gasteiger partial charge in [0.05, 0.1) is 6.10 Å². The van der Waals surface area contributed by atoms with E-state index in [9.17, 15) is 0 Å². The zero-order valence-corrected chi connectivity index (χ0v) is 8.31. The molecule has 0 amide bonds. The molecule has 78 valence electrons. The molecule has 1 fully saturated rings. The van der Waals surface area contributed by atoms with E-state index < -0.39 is 0 Å². The standard InChI is InChI=1S/C9H16N4O/c1-13-5-4-11-9(13)8(12-10)7-3-2-6-14-7/h4-5,7-8,12H,2-3,6,10H2,1H3. The third-order valence-corrected chi connectivity index (χ3v) is 2.65. The number of nitrogens with one attached hydrogen (secondary N) is 1. The smallest absolute Gasteiger partial charge is 0.129 e. The molecule has 2 heterocycles. The highest BCUT2D eigenvalue weighted by molar-refractivity contribution is 5.01. The average molecular weight is 196 g/mol. The van der Waals surface area contributed by atoms with Crippen molar-refractivity contribution in [1.82, 2.24) is 15.0 Å². The van der Waals surface area contributed by atoms with Crippen LogP contribution in [0.2, 0.25) is 0 Å². The first-order valence-electron chi connectivity index (χ1n) is 4.88. The fourth-order valence-corrected chi connectivity index (χ4v) is 1.89. The summed E-state index contributed by atoms with van der Waals surface area (Å²) in [5.41, 5.74) is 2.78. The van der Waals surface area contributed by atoms with Gasteiger partial charge in [0.25, 0.3) is 0 Å². The van der Waals surface area contributed by atoms with Crippen LogP contribution in [0.3, 0.4) is 0 Å². The zero-order chi connectivity index (χ0) is 9.97. The third-order valence-electron chi connectivity index (χ3n) is 2.65. The zero-order valence-electron chi connectivity index (χ0n) is 8.31. The van der Waals surface area contributed by atoms with E-state index in [-0.39, 0.29) is 12.1 Å². The van der Waals surface area contributed by atoms with Crippen molar-refractivity contribution >= 4 is 0 Å². The van der Waals surface area contributed by atoms with Gasteiger partial charge in [0.2, 0.25) is 0 Å². The Balaban J connectivity index is 2.16. The summed E-state index contributed by atoms with van der Waals surface area (Å²) in [5.74, 6) is 6.46. The lowest BCUT2D eigenvalue weighted by atomic mass is 10.1. The lowest BCUT2D eigenvalue weighted by molar-refractivity contribution is 0.0748. The van der Waals surface area contributed by atoms with Crippen molar-refractivity contribution in [2.75, 3.05) is 6.61 Å². The maximum atomic E-state index is 5.59. The fourth-order valence-electron chi connectivity index (χ4n) is 1.89. The van der Waals surface area contributed by atoms with E-state index in [4.69, 9.17) is 10.6 Å². The van der Waals surface area contributed by atoms with Gasteiger partial charge in [-0.25, -0.2) is 10.4 Å². The van der Waals surface area contributed by atoms with Gasteiger partial charge in [0.1, 0.15) is 11.9 Å². The first-order chi connectivity index (χ1) is 6.83. The van der Waals surface area contributed by atoms with Gasteiger partial charge in [-0.1, -0.05) is 0 Å². The quantitative estimate of drug-likeness (QED) is 0.531. The Morgan fingerprint density at radius 1 is 1.79 bits per heavy atom. The molecule has 5 heteroatoms. The van der Waals surface area contributed by atoms with Gasteiger partial charge in [-0.3, -0.25) is 5.84 Å². The summed E-state index contributed by atoms with van der Waals surface area (Å²) in [5, 5.41) is 0. The summed E-state index contributed by atoms with van der Waals surface area (Å²) in [6.07, 6.45) is 5.99. The van der Waals surface area contributed by atoms with Crippen molar-refractivity contribution in [2.45, 2.75) is 25.0 Å². The second-order valence-corrected chi connectivity index (χ2v) is 3.59. The predicted octanol–water partition coefficient (Wildman–Crippen LogP) is 0.103. The van der Waals surface area contributed by atoms with E-state index in [1.165, 1.54) is 0 Å². The second kappa shape index (κ2) is 4.08. The number of nitrogens with two attached hydrogens (primary N) is 1. The van der Waals surface area contributed by atoms with Crippen LogP contribution in [-0.2, 0) is 11.8 Å². The van der Waals surface area contributed by atoms with Crippen molar-refractivity contribution in [3.8, 4) is 0 Å². The van der Waals surface area contributed by atoms with Gasteiger partial charge in [-0.15, -0.1) is 0 Å². The molecule has 2 unspecified atom stereocenters. The molecule has 5 nitrogen and oxygen atoms in total. The van der Waals surface area contributed by atoms with E-state index in [1.807, 2.05) is 17.8 Å². The first-order valence-corrected chi connectivity index (χ1v) is 4.88. The minimum atomic E-state index is -0.00231. The van der Waals surface area contributed by atoms with Crippen LogP contribution in [0.4, 0.5) is 0 Å². The molecule has 3 N–H and O–H groups in total. The molecule has 0 aliphatic carbocycles. The van der Waals surface area contributed by atoms with E-state index in [1.54, 1.807) is 6.20 Å². The lowest BCUT2D eigenvalue weighted by Crippen LogP contribution is -2.37. The molecule has 2 atom stereocenters. The molecular formula is C9H16N4O. The van der Waals surface area contributed by atoms with Crippen LogP contribution in [0.1, 0.15) is 24.7 Å². The minimum Gasteiger partial charge on any atom is -0.376 e. The van der Waals surface area contributed by atoms with Gasteiger partial charge < -0.3 is 9.30 Å². The molecule has 1 aliphatic rings. The number of ether oxygens (including phenoxy) is 1. The van der Waals surface area contributed by atoms with E-state index in [0.29, 0.717) is 0 Å².